The Morgan fingerprint density at radius 3 is 2.42 bits per heavy atom. The van der Waals surface area contributed by atoms with Crippen LogP contribution in [0.3, 0.4) is 0 Å². The third-order valence-corrected chi connectivity index (χ3v) is 6.34. The lowest BCUT2D eigenvalue weighted by molar-refractivity contribution is -0.122. The number of carbonyl (C=O) groups is 2. The van der Waals surface area contributed by atoms with Gasteiger partial charge in [-0.1, -0.05) is 57.0 Å². The smallest absolute Gasteiger partial charge is 0.365 e. The number of amidine groups is 1. The van der Waals surface area contributed by atoms with Crippen LogP contribution < -0.4 is 16.8 Å². The number of carbonyl (C=O) groups excluding carboxylic acids is 2. The van der Waals surface area contributed by atoms with E-state index in [1.54, 1.807) is 36.4 Å². The van der Waals surface area contributed by atoms with Crippen molar-refractivity contribution in [1.29, 1.82) is 0 Å². The summed E-state index contributed by atoms with van der Waals surface area (Å²) in [6.45, 7) is 2.53. The van der Waals surface area contributed by atoms with E-state index in [1.807, 2.05) is 18.2 Å². The molecule has 0 spiro atoms. The second-order valence-corrected chi connectivity index (χ2v) is 9.03. The average Bonchev–Trinajstić information content (AvgIpc) is 2.85. The fourth-order valence-electron chi connectivity index (χ4n) is 3.67. The summed E-state index contributed by atoms with van der Waals surface area (Å²) in [5, 5.41) is 6.61. The molecule has 2 aromatic rings. The number of hydrogen-bond donors (Lipinski definition) is 3. The summed E-state index contributed by atoms with van der Waals surface area (Å²) in [6.07, 6.45) is 3.99. The number of oxime groups is 1. The molecule has 0 aliphatic carbocycles. The summed E-state index contributed by atoms with van der Waals surface area (Å²) in [6, 6.07) is 15.2. The van der Waals surface area contributed by atoms with E-state index in [-0.39, 0.29) is 11.7 Å². The van der Waals surface area contributed by atoms with Gasteiger partial charge in [0.15, 0.2) is 5.84 Å². The van der Waals surface area contributed by atoms with Crippen molar-refractivity contribution in [3.8, 4) is 0 Å². The van der Waals surface area contributed by atoms with E-state index < -0.39 is 12.0 Å². The monoisotopic (exact) mass is 469 g/mol. The van der Waals surface area contributed by atoms with Crippen molar-refractivity contribution in [2.75, 3.05) is 13.1 Å². The standard InChI is InChI=1S/C24H32N5O3P/c25-21(11-8-17-12-14-29(33)15-13-17)23(30)27-16-18-6-9-19(10-7-18)22(26)28-32-24(31)20-4-2-1-3-5-20/h1-7,9-10,17,21H,8,11-16,25,33H2,(H2,26,28)(H,27,30)/t21-/m0/s1. The van der Waals surface area contributed by atoms with Crippen molar-refractivity contribution in [3.63, 3.8) is 0 Å². The second kappa shape index (κ2) is 12.4. The quantitative estimate of drug-likeness (QED) is 0.170. The second-order valence-electron chi connectivity index (χ2n) is 8.30. The maximum Gasteiger partial charge on any atom is 0.365 e. The van der Waals surface area contributed by atoms with Gasteiger partial charge in [0.25, 0.3) is 0 Å². The van der Waals surface area contributed by atoms with Gasteiger partial charge >= 0.3 is 5.97 Å². The molecule has 5 N–H and O–H groups in total. The molecule has 1 aliphatic rings. The van der Waals surface area contributed by atoms with E-state index in [1.165, 1.54) is 0 Å². The van der Waals surface area contributed by atoms with Gasteiger partial charge in [0, 0.05) is 25.2 Å². The summed E-state index contributed by atoms with van der Waals surface area (Å²) in [5.74, 6) is 0.0113. The van der Waals surface area contributed by atoms with Crippen LogP contribution in [0.1, 0.15) is 47.2 Å². The van der Waals surface area contributed by atoms with Crippen LogP contribution in [0.4, 0.5) is 0 Å². The van der Waals surface area contributed by atoms with Crippen molar-refractivity contribution in [1.82, 2.24) is 9.99 Å². The summed E-state index contributed by atoms with van der Waals surface area (Å²) in [5.41, 5.74) is 13.9. The van der Waals surface area contributed by atoms with E-state index in [0.717, 1.165) is 37.9 Å². The molecule has 9 heteroatoms. The zero-order chi connectivity index (χ0) is 23.6. The number of nitrogens with two attached hydrogens (primary N) is 2. The molecule has 1 aliphatic heterocycles. The van der Waals surface area contributed by atoms with Gasteiger partial charge in [-0.25, -0.2) is 4.79 Å². The van der Waals surface area contributed by atoms with Crippen molar-refractivity contribution < 1.29 is 14.4 Å². The molecule has 1 unspecified atom stereocenters. The maximum atomic E-state index is 12.3. The minimum Gasteiger partial charge on any atom is -0.380 e. The van der Waals surface area contributed by atoms with Gasteiger partial charge in [-0.3, -0.25) is 9.46 Å². The first-order valence-corrected chi connectivity index (χ1v) is 11.7. The number of hydrogen-bond acceptors (Lipinski definition) is 6. The van der Waals surface area contributed by atoms with Crippen LogP contribution in [-0.2, 0) is 16.2 Å². The van der Waals surface area contributed by atoms with Crippen LogP contribution in [0.2, 0.25) is 0 Å². The van der Waals surface area contributed by atoms with Crippen LogP contribution in [0.15, 0.2) is 59.8 Å². The molecule has 8 nitrogen and oxygen atoms in total. The molecule has 1 amide bonds. The number of amides is 1. The molecule has 0 aromatic heterocycles. The van der Waals surface area contributed by atoms with Crippen LogP contribution in [-0.4, -0.2) is 41.5 Å². The predicted octanol–water partition coefficient (Wildman–Crippen LogP) is 2.39. The van der Waals surface area contributed by atoms with E-state index in [9.17, 15) is 9.59 Å². The van der Waals surface area contributed by atoms with Gasteiger partial charge < -0.3 is 21.6 Å². The molecule has 2 atom stereocenters. The first-order valence-electron chi connectivity index (χ1n) is 11.1. The number of nitrogens with one attached hydrogen (secondary N) is 1. The SMILES string of the molecule is NC(=NOC(=O)c1ccccc1)c1ccc(CNC(=O)[C@@H](N)CCC2CCN(P)CC2)cc1. The molecular formula is C24H32N5O3P. The summed E-state index contributed by atoms with van der Waals surface area (Å²) in [7, 11) is 2.75. The van der Waals surface area contributed by atoms with Gasteiger partial charge in [0.1, 0.15) is 0 Å². The highest BCUT2D eigenvalue weighted by Gasteiger charge is 2.20. The third kappa shape index (κ3) is 7.93. The van der Waals surface area contributed by atoms with Gasteiger partial charge in [-0.2, -0.15) is 0 Å². The highest BCUT2D eigenvalue weighted by atomic mass is 31.0. The Hall–Kier alpha value is -2.80. The predicted molar refractivity (Wildman–Crippen MR) is 132 cm³/mol. The Bertz CT molecular complexity index is 944. The first kappa shape index (κ1) is 24.8. The minimum atomic E-state index is -0.580. The summed E-state index contributed by atoms with van der Waals surface area (Å²) >= 11 is 0. The lowest BCUT2D eigenvalue weighted by Gasteiger charge is -2.29. The molecule has 176 valence electrons. The van der Waals surface area contributed by atoms with Gasteiger partial charge in [-0.15, -0.1) is 0 Å². The molecule has 1 fully saturated rings. The number of benzene rings is 2. The Kier molecular flexibility index (Phi) is 9.36. The Labute approximate surface area is 197 Å². The van der Waals surface area contributed by atoms with Gasteiger partial charge in [0.2, 0.25) is 5.91 Å². The number of nitrogens with zero attached hydrogens (tertiary/aromatic N) is 2. The van der Waals surface area contributed by atoms with Crippen molar-refractivity contribution in [3.05, 3.63) is 71.3 Å². The Morgan fingerprint density at radius 1 is 1.09 bits per heavy atom. The summed E-state index contributed by atoms with van der Waals surface area (Å²) < 4.78 is 2.26. The molecule has 0 bridgehead atoms. The molecule has 0 saturated carbocycles. The molecular weight excluding hydrogens is 437 g/mol. The highest BCUT2D eigenvalue weighted by Crippen LogP contribution is 2.23. The largest absolute Gasteiger partial charge is 0.380 e. The van der Waals surface area contributed by atoms with E-state index in [2.05, 4.69) is 24.5 Å². The van der Waals surface area contributed by atoms with Gasteiger partial charge in [0.05, 0.1) is 11.6 Å². The molecule has 1 heterocycles. The molecule has 2 aromatic carbocycles. The third-order valence-electron chi connectivity index (χ3n) is 5.82. The molecule has 1 saturated heterocycles. The fourth-order valence-corrected chi connectivity index (χ4v) is 3.97. The molecule has 0 radical (unpaired) electrons. The van der Waals surface area contributed by atoms with Gasteiger partial charge in [-0.05, 0) is 49.3 Å². The Balaban J connectivity index is 1.42. The zero-order valence-corrected chi connectivity index (χ0v) is 19.8. The normalized spacial score (nSPS) is 16.2. The van der Waals surface area contributed by atoms with Crippen molar-refractivity contribution in [2.24, 2.45) is 22.5 Å². The zero-order valence-electron chi connectivity index (χ0n) is 18.7. The molecule has 3 rings (SSSR count). The lowest BCUT2D eigenvalue weighted by atomic mass is 9.91. The maximum absolute atomic E-state index is 12.3. The van der Waals surface area contributed by atoms with Crippen LogP contribution in [0, 0.1) is 5.92 Å². The van der Waals surface area contributed by atoms with Crippen LogP contribution in [0.5, 0.6) is 0 Å². The first-order chi connectivity index (χ1) is 15.9. The summed E-state index contributed by atoms with van der Waals surface area (Å²) in [4.78, 5) is 29.2. The van der Waals surface area contributed by atoms with Crippen LogP contribution >= 0.6 is 9.39 Å². The van der Waals surface area contributed by atoms with E-state index >= 15 is 0 Å². The van der Waals surface area contributed by atoms with E-state index in [4.69, 9.17) is 16.3 Å². The topological polar surface area (TPSA) is 123 Å². The highest BCUT2D eigenvalue weighted by molar-refractivity contribution is 7.13. The van der Waals surface area contributed by atoms with E-state index in [0.29, 0.717) is 30.0 Å². The number of rotatable bonds is 9. The fraction of sp³-hybridized carbons (Fsp3) is 0.375. The minimum absolute atomic E-state index is 0.0874. The lowest BCUT2D eigenvalue weighted by Crippen LogP contribution is -2.40. The van der Waals surface area contributed by atoms with Crippen molar-refractivity contribution >= 4 is 27.1 Å². The van der Waals surface area contributed by atoms with Crippen LogP contribution in [0.25, 0.3) is 0 Å². The average molecular weight is 470 g/mol. The molecule has 33 heavy (non-hydrogen) atoms. The van der Waals surface area contributed by atoms with Crippen molar-refractivity contribution in [2.45, 2.75) is 38.3 Å². The Morgan fingerprint density at radius 2 is 1.76 bits per heavy atom. The number of piperidine rings is 1.